The van der Waals surface area contributed by atoms with Crippen LogP contribution < -0.4 is 20.7 Å². The van der Waals surface area contributed by atoms with Gasteiger partial charge in [0.15, 0.2) is 6.61 Å². The lowest BCUT2D eigenvalue weighted by Crippen LogP contribution is -2.46. The van der Waals surface area contributed by atoms with E-state index in [1.807, 2.05) is 0 Å². The highest BCUT2D eigenvalue weighted by atomic mass is 16.5. The zero-order valence-corrected chi connectivity index (χ0v) is 12.4. The molecule has 1 aromatic rings. The standard InChI is InChI=1S/C15H20N4O3/c20-14-10-22-13-2-1-11(9-12(13)18-14)15(21)17-5-8-19-6-3-16-4-7-19/h1-2,9,16H,3-8,10H2,(H,17,21)(H,18,20). The van der Waals surface area contributed by atoms with Crippen LogP contribution in [-0.2, 0) is 4.79 Å². The number of rotatable bonds is 4. The van der Waals surface area contributed by atoms with E-state index in [1.54, 1.807) is 18.2 Å². The number of carbonyl (C=O) groups excluding carboxylic acids is 2. The summed E-state index contributed by atoms with van der Waals surface area (Å²) < 4.78 is 5.27. The molecule has 0 spiro atoms. The van der Waals surface area contributed by atoms with Crippen LogP contribution in [-0.4, -0.2) is 62.6 Å². The lowest BCUT2D eigenvalue weighted by Gasteiger charge is -2.27. The number of anilines is 1. The van der Waals surface area contributed by atoms with Crippen molar-refractivity contribution in [3.05, 3.63) is 23.8 Å². The van der Waals surface area contributed by atoms with Crippen LogP contribution in [0.5, 0.6) is 5.75 Å². The van der Waals surface area contributed by atoms with E-state index in [-0.39, 0.29) is 18.4 Å². The highest BCUT2D eigenvalue weighted by molar-refractivity contribution is 5.99. The third kappa shape index (κ3) is 3.55. The predicted molar refractivity (Wildman–Crippen MR) is 82.2 cm³/mol. The number of hydrogen-bond donors (Lipinski definition) is 3. The number of carbonyl (C=O) groups is 2. The Kier molecular flexibility index (Phi) is 4.55. The summed E-state index contributed by atoms with van der Waals surface area (Å²) in [6.45, 7) is 5.49. The number of fused-ring (bicyclic) bond motifs is 1. The number of ether oxygens (including phenoxy) is 1. The van der Waals surface area contributed by atoms with Gasteiger partial charge in [-0.25, -0.2) is 0 Å². The van der Waals surface area contributed by atoms with Crippen molar-refractivity contribution in [1.29, 1.82) is 0 Å². The monoisotopic (exact) mass is 304 g/mol. The average molecular weight is 304 g/mol. The minimum atomic E-state index is -0.205. The molecular formula is C15H20N4O3. The Bertz CT molecular complexity index is 570. The molecule has 1 aromatic carbocycles. The van der Waals surface area contributed by atoms with E-state index in [9.17, 15) is 9.59 Å². The largest absolute Gasteiger partial charge is 0.482 e. The fraction of sp³-hybridized carbons (Fsp3) is 0.467. The number of benzene rings is 1. The maximum absolute atomic E-state index is 12.2. The zero-order chi connectivity index (χ0) is 15.4. The van der Waals surface area contributed by atoms with E-state index >= 15 is 0 Å². The van der Waals surface area contributed by atoms with E-state index in [4.69, 9.17) is 4.74 Å². The maximum Gasteiger partial charge on any atom is 0.262 e. The summed E-state index contributed by atoms with van der Waals surface area (Å²) in [7, 11) is 0. The van der Waals surface area contributed by atoms with Crippen molar-refractivity contribution < 1.29 is 14.3 Å². The smallest absolute Gasteiger partial charge is 0.262 e. The highest BCUT2D eigenvalue weighted by Crippen LogP contribution is 2.28. The van der Waals surface area contributed by atoms with Crippen LogP contribution in [0, 0.1) is 0 Å². The van der Waals surface area contributed by atoms with Crippen LogP contribution in [0.1, 0.15) is 10.4 Å². The molecule has 3 rings (SSSR count). The third-order valence-corrected chi connectivity index (χ3v) is 3.80. The fourth-order valence-corrected chi connectivity index (χ4v) is 2.59. The minimum absolute atomic E-state index is 0.0171. The molecule has 0 radical (unpaired) electrons. The summed E-state index contributed by atoms with van der Waals surface area (Å²) in [5.74, 6) is 0.249. The van der Waals surface area contributed by atoms with Gasteiger partial charge in [-0.05, 0) is 18.2 Å². The number of piperazine rings is 1. The molecule has 22 heavy (non-hydrogen) atoms. The number of nitrogens with zero attached hydrogens (tertiary/aromatic N) is 1. The molecule has 7 nitrogen and oxygen atoms in total. The van der Waals surface area contributed by atoms with Crippen molar-refractivity contribution in [3.63, 3.8) is 0 Å². The molecule has 0 atom stereocenters. The molecule has 2 amide bonds. The van der Waals surface area contributed by atoms with Gasteiger partial charge in [-0.2, -0.15) is 0 Å². The van der Waals surface area contributed by atoms with Gasteiger partial charge in [0.05, 0.1) is 5.69 Å². The summed E-state index contributed by atoms with van der Waals surface area (Å²) in [4.78, 5) is 25.8. The Hall–Kier alpha value is -2.12. The molecule has 0 unspecified atom stereocenters. The summed E-state index contributed by atoms with van der Waals surface area (Å²) in [6, 6.07) is 5.06. The van der Waals surface area contributed by atoms with E-state index in [0.29, 0.717) is 23.5 Å². The molecular weight excluding hydrogens is 284 g/mol. The third-order valence-electron chi connectivity index (χ3n) is 3.80. The lowest BCUT2D eigenvalue weighted by molar-refractivity contribution is -0.118. The van der Waals surface area contributed by atoms with Gasteiger partial charge in [0.1, 0.15) is 5.75 Å². The fourth-order valence-electron chi connectivity index (χ4n) is 2.59. The van der Waals surface area contributed by atoms with Crippen LogP contribution in [0.15, 0.2) is 18.2 Å². The lowest BCUT2D eigenvalue weighted by atomic mass is 10.1. The van der Waals surface area contributed by atoms with Crippen molar-refractivity contribution in [2.75, 3.05) is 51.2 Å². The van der Waals surface area contributed by atoms with Gasteiger partial charge in [-0.15, -0.1) is 0 Å². The topological polar surface area (TPSA) is 82.7 Å². The molecule has 2 heterocycles. The van der Waals surface area contributed by atoms with Gasteiger partial charge < -0.3 is 20.7 Å². The van der Waals surface area contributed by atoms with Gasteiger partial charge in [0.2, 0.25) is 0 Å². The molecule has 1 fully saturated rings. The Morgan fingerprint density at radius 1 is 1.32 bits per heavy atom. The Balaban J connectivity index is 1.53. The second-order valence-electron chi connectivity index (χ2n) is 5.40. The first-order valence-electron chi connectivity index (χ1n) is 7.50. The van der Waals surface area contributed by atoms with E-state index < -0.39 is 0 Å². The number of nitrogens with one attached hydrogen (secondary N) is 3. The molecule has 3 N–H and O–H groups in total. The first kappa shape index (κ1) is 14.8. The second-order valence-corrected chi connectivity index (χ2v) is 5.40. The summed E-state index contributed by atoms with van der Waals surface area (Å²) in [6.07, 6.45) is 0. The Morgan fingerprint density at radius 3 is 2.95 bits per heavy atom. The van der Waals surface area contributed by atoms with E-state index in [1.165, 1.54) is 0 Å². The quantitative estimate of drug-likeness (QED) is 0.708. The van der Waals surface area contributed by atoms with Gasteiger partial charge in [0.25, 0.3) is 11.8 Å². The van der Waals surface area contributed by atoms with Crippen molar-refractivity contribution in [2.24, 2.45) is 0 Å². The summed E-state index contributed by atoms with van der Waals surface area (Å²) in [5.41, 5.74) is 1.07. The number of amides is 2. The van der Waals surface area contributed by atoms with Crippen molar-refractivity contribution in [3.8, 4) is 5.75 Å². The molecule has 0 bridgehead atoms. The molecule has 2 aliphatic rings. The Labute approximate surface area is 129 Å². The van der Waals surface area contributed by atoms with Crippen LogP contribution >= 0.6 is 0 Å². The normalized spacial score (nSPS) is 18.1. The zero-order valence-electron chi connectivity index (χ0n) is 12.4. The Morgan fingerprint density at radius 2 is 2.14 bits per heavy atom. The van der Waals surface area contributed by atoms with Gasteiger partial charge in [0, 0.05) is 44.8 Å². The van der Waals surface area contributed by atoms with Gasteiger partial charge in [-0.1, -0.05) is 0 Å². The van der Waals surface area contributed by atoms with E-state index in [2.05, 4.69) is 20.9 Å². The molecule has 0 aromatic heterocycles. The van der Waals surface area contributed by atoms with Crippen LogP contribution in [0.25, 0.3) is 0 Å². The van der Waals surface area contributed by atoms with Crippen molar-refractivity contribution in [1.82, 2.24) is 15.5 Å². The molecule has 1 saturated heterocycles. The van der Waals surface area contributed by atoms with Gasteiger partial charge >= 0.3 is 0 Å². The van der Waals surface area contributed by atoms with Crippen molar-refractivity contribution >= 4 is 17.5 Å². The molecule has 0 aliphatic carbocycles. The first-order valence-corrected chi connectivity index (χ1v) is 7.50. The highest BCUT2D eigenvalue weighted by Gasteiger charge is 2.18. The molecule has 118 valence electrons. The molecule has 2 aliphatic heterocycles. The first-order chi connectivity index (χ1) is 10.7. The summed E-state index contributed by atoms with van der Waals surface area (Å²) in [5, 5.41) is 8.91. The average Bonchev–Trinajstić information content (AvgIpc) is 2.55. The van der Waals surface area contributed by atoms with Crippen molar-refractivity contribution in [2.45, 2.75) is 0 Å². The maximum atomic E-state index is 12.2. The SMILES string of the molecule is O=C1COc2ccc(C(=O)NCCN3CCNCC3)cc2N1. The predicted octanol–water partition coefficient (Wildman–Crippen LogP) is -0.347. The summed E-state index contributed by atoms with van der Waals surface area (Å²) >= 11 is 0. The van der Waals surface area contributed by atoms with E-state index in [0.717, 1.165) is 32.7 Å². The van der Waals surface area contributed by atoms with Crippen LogP contribution in [0.2, 0.25) is 0 Å². The van der Waals surface area contributed by atoms with Gasteiger partial charge in [-0.3, -0.25) is 14.5 Å². The second kappa shape index (κ2) is 6.76. The molecule has 7 heteroatoms. The number of hydrogen-bond acceptors (Lipinski definition) is 5. The van der Waals surface area contributed by atoms with Crippen LogP contribution in [0.3, 0.4) is 0 Å². The van der Waals surface area contributed by atoms with Crippen LogP contribution in [0.4, 0.5) is 5.69 Å². The minimum Gasteiger partial charge on any atom is -0.482 e. The molecule has 0 saturated carbocycles.